The lowest BCUT2D eigenvalue weighted by Gasteiger charge is -2.13. The zero-order valence-electron chi connectivity index (χ0n) is 26.0. The van der Waals surface area contributed by atoms with Crippen molar-refractivity contribution in [1.29, 1.82) is 0 Å². The molecule has 0 heterocycles. The van der Waals surface area contributed by atoms with E-state index >= 15 is 0 Å². The fourth-order valence-electron chi connectivity index (χ4n) is 4.78. The van der Waals surface area contributed by atoms with E-state index in [-0.39, 0.29) is 11.8 Å². The maximum absolute atomic E-state index is 13.1. The largest absolute Gasteiger partial charge is 0.322 e. The molecule has 8 nitrogen and oxygen atoms in total. The number of para-hydroxylation sites is 2. The molecule has 0 radical (unpaired) electrons. The smallest absolute Gasteiger partial charge is 0.257 e. The van der Waals surface area contributed by atoms with Crippen LogP contribution < -0.4 is 21.3 Å². The van der Waals surface area contributed by atoms with Crippen molar-refractivity contribution >= 4 is 46.4 Å². The van der Waals surface area contributed by atoms with Crippen molar-refractivity contribution in [2.75, 3.05) is 21.3 Å². The third-order valence-corrected chi connectivity index (χ3v) is 7.78. The Bertz CT molecular complexity index is 1820. The van der Waals surface area contributed by atoms with Gasteiger partial charge in [-0.1, -0.05) is 36.4 Å². The summed E-state index contributed by atoms with van der Waals surface area (Å²) < 4.78 is 0. The van der Waals surface area contributed by atoms with Crippen LogP contribution in [0.4, 0.5) is 22.7 Å². The van der Waals surface area contributed by atoms with Gasteiger partial charge in [-0.25, -0.2) is 0 Å². The van der Waals surface area contributed by atoms with E-state index in [9.17, 15) is 19.2 Å². The maximum atomic E-state index is 13.1. The van der Waals surface area contributed by atoms with Crippen LogP contribution in [0, 0.1) is 27.7 Å². The monoisotopic (exact) mass is 610 g/mol. The zero-order chi connectivity index (χ0) is 32.8. The Morgan fingerprint density at radius 1 is 0.391 bits per heavy atom. The van der Waals surface area contributed by atoms with Crippen LogP contribution in [0.25, 0.3) is 0 Å². The van der Waals surface area contributed by atoms with Gasteiger partial charge in [0.15, 0.2) is 0 Å². The third kappa shape index (κ3) is 7.36. The number of anilines is 4. The van der Waals surface area contributed by atoms with Crippen LogP contribution in [-0.4, -0.2) is 23.6 Å². The molecule has 8 heteroatoms. The van der Waals surface area contributed by atoms with Gasteiger partial charge in [0.1, 0.15) is 0 Å². The molecule has 0 spiro atoms. The van der Waals surface area contributed by atoms with Crippen LogP contribution in [0.1, 0.15) is 63.7 Å². The summed E-state index contributed by atoms with van der Waals surface area (Å²) in [5.74, 6) is -1.58. The van der Waals surface area contributed by atoms with Crippen molar-refractivity contribution in [2.45, 2.75) is 27.7 Å². The Balaban J connectivity index is 1.25. The molecule has 0 bridgehead atoms. The topological polar surface area (TPSA) is 116 Å². The zero-order valence-corrected chi connectivity index (χ0v) is 26.0. The molecule has 5 aromatic rings. The summed E-state index contributed by atoms with van der Waals surface area (Å²) in [4.78, 5) is 52.4. The number of amides is 4. The number of carbonyl (C=O) groups excluding carboxylic acids is 4. The highest BCUT2D eigenvalue weighted by molar-refractivity contribution is 6.14. The second-order valence-electron chi connectivity index (χ2n) is 11.1. The molecule has 46 heavy (non-hydrogen) atoms. The fourth-order valence-corrected chi connectivity index (χ4v) is 4.78. The minimum atomic E-state index is -0.438. The molecule has 0 saturated carbocycles. The molecule has 4 amide bonds. The molecule has 0 aliphatic carbocycles. The van der Waals surface area contributed by atoms with Crippen molar-refractivity contribution in [3.05, 3.63) is 154 Å². The van der Waals surface area contributed by atoms with Crippen LogP contribution in [0.2, 0.25) is 0 Å². The molecular weight excluding hydrogens is 576 g/mol. The van der Waals surface area contributed by atoms with Crippen LogP contribution in [0.3, 0.4) is 0 Å². The van der Waals surface area contributed by atoms with Gasteiger partial charge in [-0.3, -0.25) is 19.2 Å². The number of nitrogens with one attached hydrogen (secondary N) is 4. The Hall–Kier alpha value is -6.02. The van der Waals surface area contributed by atoms with Gasteiger partial charge in [0.05, 0.1) is 22.5 Å². The Morgan fingerprint density at radius 2 is 0.761 bits per heavy atom. The summed E-state index contributed by atoms with van der Waals surface area (Å²) in [6.45, 7) is 7.94. The van der Waals surface area contributed by atoms with E-state index in [0.717, 1.165) is 22.3 Å². The number of hydrogen-bond donors (Lipinski definition) is 4. The molecule has 5 rings (SSSR count). The van der Waals surface area contributed by atoms with Crippen LogP contribution in [0.5, 0.6) is 0 Å². The number of carbonyl (C=O) groups is 4. The highest BCUT2D eigenvalue weighted by Crippen LogP contribution is 2.22. The highest BCUT2D eigenvalue weighted by Gasteiger charge is 2.17. The summed E-state index contributed by atoms with van der Waals surface area (Å²) in [5.41, 5.74) is 7.60. The molecule has 0 aromatic heterocycles. The van der Waals surface area contributed by atoms with E-state index in [1.807, 2.05) is 64.1 Å². The molecular formula is C38H34N4O4. The summed E-state index contributed by atoms with van der Waals surface area (Å²) >= 11 is 0. The highest BCUT2D eigenvalue weighted by atomic mass is 16.2. The Morgan fingerprint density at radius 3 is 1.13 bits per heavy atom. The first-order valence-corrected chi connectivity index (χ1v) is 14.8. The first-order valence-electron chi connectivity index (χ1n) is 14.8. The standard InChI is InChI=1S/C38H34N4O4/c1-23-13-19-29(21-25(23)3)39-37(45)31-9-5-7-11-33(31)41-35(43)27-15-17-28(18-16-27)36(44)42-34-12-8-6-10-32(34)38(46)40-30-20-14-24(2)26(4)22-30/h5-22H,1-4H3,(H,39,45)(H,40,46)(H,41,43)(H,42,44). The minimum absolute atomic E-state index is 0.300. The van der Waals surface area contributed by atoms with E-state index in [4.69, 9.17) is 0 Å². The SMILES string of the molecule is Cc1ccc(NC(=O)c2ccccc2NC(=O)c2ccc(C(=O)Nc3ccccc3C(=O)Nc3ccc(C)c(C)c3)cc2)cc1C. The lowest BCUT2D eigenvalue weighted by atomic mass is 10.1. The molecule has 0 saturated heterocycles. The molecule has 4 N–H and O–H groups in total. The average Bonchev–Trinajstić information content (AvgIpc) is 3.05. The Labute approximate surface area is 267 Å². The van der Waals surface area contributed by atoms with E-state index in [0.29, 0.717) is 45.0 Å². The summed E-state index contributed by atoms with van der Waals surface area (Å²) in [7, 11) is 0. The predicted octanol–water partition coefficient (Wildman–Crippen LogP) is 7.93. The molecule has 0 fully saturated rings. The van der Waals surface area contributed by atoms with Crippen LogP contribution in [0.15, 0.2) is 109 Å². The third-order valence-electron chi connectivity index (χ3n) is 7.78. The summed E-state index contributed by atoms with van der Waals surface area (Å²) in [5, 5.41) is 11.4. The summed E-state index contributed by atoms with van der Waals surface area (Å²) in [6, 6.07) is 30.9. The number of rotatable bonds is 8. The maximum Gasteiger partial charge on any atom is 0.257 e. The van der Waals surface area contributed by atoms with Gasteiger partial charge in [-0.15, -0.1) is 0 Å². The molecule has 0 unspecified atom stereocenters. The van der Waals surface area contributed by atoms with Gasteiger partial charge >= 0.3 is 0 Å². The first kappa shape index (κ1) is 31.4. The van der Waals surface area contributed by atoms with Gasteiger partial charge in [0.25, 0.3) is 23.6 Å². The van der Waals surface area contributed by atoms with E-state index < -0.39 is 11.8 Å². The van der Waals surface area contributed by atoms with Crippen LogP contribution >= 0.6 is 0 Å². The van der Waals surface area contributed by atoms with Crippen molar-refractivity contribution in [2.24, 2.45) is 0 Å². The average molecular weight is 611 g/mol. The number of hydrogen-bond acceptors (Lipinski definition) is 4. The molecule has 0 atom stereocenters. The Kier molecular flexibility index (Phi) is 9.38. The lowest BCUT2D eigenvalue weighted by Crippen LogP contribution is -2.19. The molecule has 5 aromatic carbocycles. The lowest BCUT2D eigenvalue weighted by molar-refractivity contribution is 0.100. The van der Waals surface area contributed by atoms with Gasteiger partial charge < -0.3 is 21.3 Å². The normalized spacial score (nSPS) is 10.5. The molecule has 230 valence electrons. The molecule has 0 aliphatic rings. The minimum Gasteiger partial charge on any atom is -0.322 e. The first-order chi connectivity index (χ1) is 22.1. The van der Waals surface area contributed by atoms with E-state index in [1.165, 1.54) is 24.3 Å². The fraction of sp³-hybridized carbons (Fsp3) is 0.105. The van der Waals surface area contributed by atoms with Gasteiger partial charge in [-0.2, -0.15) is 0 Å². The van der Waals surface area contributed by atoms with Crippen molar-refractivity contribution in [3.8, 4) is 0 Å². The second kappa shape index (κ2) is 13.7. The van der Waals surface area contributed by atoms with Crippen molar-refractivity contribution < 1.29 is 19.2 Å². The van der Waals surface area contributed by atoms with Gasteiger partial charge in [-0.05, 0) is 123 Å². The number of aryl methyl sites for hydroxylation is 4. The van der Waals surface area contributed by atoms with Gasteiger partial charge in [0, 0.05) is 22.5 Å². The number of benzene rings is 5. The van der Waals surface area contributed by atoms with Gasteiger partial charge in [0.2, 0.25) is 0 Å². The van der Waals surface area contributed by atoms with Crippen molar-refractivity contribution in [1.82, 2.24) is 0 Å². The van der Waals surface area contributed by atoms with Crippen LogP contribution in [-0.2, 0) is 0 Å². The second-order valence-corrected chi connectivity index (χ2v) is 11.1. The summed E-state index contributed by atoms with van der Waals surface area (Å²) in [6.07, 6.45) is 0. The van der Waals surface area contributed by atoms with E-state index in [2.05, 4.69) is 21.3 Å². The quantitative estimate of drug-likeness (QED) is 0.143. The van der Waals surface area contributed by atoms with E-state index in [1.54, 1.807) is 48.5 Å². The molecule has 0 aliphatic heterocycles. The van der Waals surface area contributed by atoms with Crippen molar-refractivity contribution in [3.63, 3.8) is 0 Å². The predicted molar refractivity (Wildman–Crippen MR) is 183 cm³/mol.